The van der Waals surface area contributed by atoms with E-state index in [9.17, 15) is 0 Å². The van der Waals surface area contributed by atoms with Gasteiger partial charge in [0.05, 0.1) is 12.3 Å². The zero-order valence-corrected chi connectivity index (χ0v) is 11.4. The molecule has 19 heavy (non-hydrogen) atoms. The summed E-state index contributed by atoms with van der Waals surface area (Å²) in [6.07, 6.45) is 4.16. The van der Waals surface area contributed by atoms with Crippen molar-refractivity contribution < 1.29 is 9.47 Å². The van der Waals surface area contributed by atoms with Crippen molar-refractivity contribution in [3.05, 3.63) is 23.8 Å². The van der Waals surface area contributed by atoms with Crippen LogP contribution in [-0.4, -0.2) is 53.8 Å². The van der Waals surface area contributed by atoms with Gasteiger partial charge in [-0.2, -0.15) is 0 Å². The molecule has 0 aliphatic carbocycles. The largest absolute Gasteiger partial charge is 0.381 e. The van der Waals surface area contributed by atoms with E-state index in [1.165, 1.54) is 0 Å². The van der Waals surface area contributed by atoms with Crippen molar-refractivity contribution in [1.29, 1.82) is 0 Å². The first-order valence-corrected chi connectivity index (χ1v) is 7.06. The van der Waals surface area contributed by atoms with Crippen molar-refractivity contribution in [3.63, 3.8) is 0 Å². The summed E-state index contributed by atoms with van der Waals surface area (Å²) in [5.41, 5.74) is 1.00. The van der Waals surface area contributed by atoms with Crippen LogP contribution in [-0.2, 0) is 9.47 Å². The first kappa shape index (κ1) is 13.0. The Bertz CT molecular complexity index is 421. The van der Waals surface area contributed by atoms with Crippen molar-refractivity contribution in [1.82, 2.24) is 14.9 Å². The molecule has 5 heteroatoms. The average Bonchev–Trinajstić information content (AvgIpc) is 2.48. The highest BCUT2D eigenvalue weighted by Crippen LogP contribution is 2.24. The lowest BCUT2D eigenvalue weighted by Gasteiger charge is -2.39. The molecule has 2 aliphatic rings. The molecule has 2 fully saturated rings. The molecule has 1 aromatic heterocycles. The smallest absolute Gasteiger partial charge is 0.125 e. The number of morpholine rings is 1. The molecule has 3 heterocycles. The molecule has 0 bridgehead atoms. The molecule has 0 N–H and O–H groups in total. The predicted molar refractivity (Wildman–Crippen MR) is 70.9 cm³/mol. The van der Waals surface area contributed by atoms with Gasteiger partial charge < -0.3 is 9.47 Å². The third-order valence-electron chi connectivity index (χ3n) is 3.93. The molecule has 2 saturated heterocycles. The van der Waals surface area contributed by atoms with Gasteiger partial charge in [0.2, 0.25) is 0 Å². The van der Waals surface area contributed by atoms with Crippen LogP contribution in [0.25, 0.3) is 0 Å². The lowest BCUT2D eigenvalue weighted by Crippen LogP contribution is -2.47. The fourth-order valence-electron chi connectivity index (χ4n) is 2.88. The van der Waals surface area contributed by atoms with Gasteiger partial charge in [0, 0.05) is 38.5 Å². The standard InChI is InChI=1S/C14H21N3O2/c1-11-15-5-2-13(16-11)14-10-17(6-9-19-14)12-3-7-18-8-4-12/h2,5,12,14H,3-4,6-10H2,1H3/t14-/m0/s1. The van der Waals surface area contributed by atoms with Crippen LogP contribution in [0.4, 0.5) is 0 Å². The quantitative estimate of drug-likeness (QED) is 0.806. The van der Waals surface area contributed by atoms with Gasteiger partial charge >= 0.3 is 0 Å². The van der Waals surface area contributed by atoms with E-state index < -0.39 is 0 Å². The lowest BCUT2D eigenvalue weighted by molar-refractivity contribution is -0.0647. The summed E-state index contributed by atoms with van der Waals surface area (Å²) in [5, 5.41) is 0. The molecule has 5 nitrogen and oxygen atoms in total. The molecule has 3 rings (SSSR count). The van der Waals surface area contributed by atoms with Crippen LogP contribution in [0.15, 0.2) is 12.3 Å². The Morgan fingerprint density at radius 3 is 2.89 bits per heavy atom. The van der Waals surface area contributed by atoms with Gasteiger partial charge in [0.25, 0.3) is 0 Å². The van der Waals surface area contributed by atoms with Gasteiger partial charge in [-0.1, -0.05) is 0 Å². The number of nitrogens with zero attached hydrogens (tertiary/aromatic N) is 3. The Labute approximate surface area is 113 Å². The van der Waals surface area contributed by atoms with Gasteiger partial charge in [0.15, 0.2) is 0 Å². The van der Waals surface area contributed by atoms with Crippen molar-refractivity contribution in [2.75, 3.05) is 32.9 Å². The van der Waals surface area contributed by atoms with Crippen LogP contribution in [0.2, 0.25) is 0 Å². The van der Waals surface area contributed by atoms with Crippen LogP contribution >= 0.6 is 0 Å². The lowest BCUT2D eigenvalue weighted by atomic mass is 10.0. The van der Waals surface area contributed by atoms with Gasteiger partial charge in [-0.05, 0) is 25.8 Å². The van der Waals surface area contributed by atoms with Gasteiger partial charge in [-0.3, -0.25) is 4.90 Å². The monoisotopic (exact) mass is 263 g/mol. The fraction of sp³-hybridized carbons (Fsp3) is 0.714. The first-order chi connectivity index (χ1) is 9.33. The molecule has 1 aromatic rings. The van der Waals surface area contributed by atoms with Crippen LogP contribution < -0.4 is 0 Å². The summed E-state index contributed by atoms with van der Waals surface area (Å²) >= 11 is 0. The number of hydrogen-bond acceptors (Lipinski definition) is 5. The van der Waals surface area contributed by atoms with Crippen molar-refractivity contribution in [2.24, 2.45) is 0 Å². The SMILES string of the molecule is Cc1nccc([C@@H]2CN(C3CCOCC3)CCO2)n1. The molecule has 1 atom stereocenters. The highest BCUT2D eigenvalue weighted by Gasteiger charge is 2.29. The maximum absolute atomic E-state index is 5.88. The zero-order valence-electron chi connectivity index (χ0n) is 11.4. The predicted octanol–water partition coefficient (Wildman–Crippen LogP) is 1.34. The summed E-state index contributed by atoms with van der Waals surface area (Å²) in [5.74, 6) is 0.810. The number of aromatic nitrogens is 2. The van der Waals surface area contributed by atoms with Crippen LogP contribution in [0.3, 0.4) is 0 Å². The summed E-state index contributed by atoms with van der Waals surface area (Å²) in [6.45, 7) is 6.43. The summed E-state index contributed by atoms with van der Waals surface area (Å²) in [7, 11) is 0. The molecular weight excluding hydrogens is 242 g/mol. The number of hydrogen-bond donors (Lipinski definition) is 0. The molecule has 2 aliphatic heterocycles. The number of rotatable bonds is 2. The van der Waals surface area contributed by atoms with E-state index >= 15 is 0 Å². The zero-order chi connectivity index (χ0) is 13.1. The number of ether oxygens (including phenoxy) is 2. The Hall–Kier alpha value is -1.04. The topological polar surface area (TPSA) is 47.5 Å². The van der Waals surface area contributed by atoms with E-state index in [0.29, 0.717) is 6.04 Å². The van der Waals surface area contributed by atoms with Gasteiger partial charge in [0.1, 0.15) is 11.9 Å². The Morgan fingerprint density at radius 2 is 2.11 bits per heavy atom. The molecule has 0 spiro atoms. The van der Waals surface area contributed by atoms with Crippen LogP contribution in [0.5, 0.6) is 0 Å². The maximum atomic E-state index is 5.88. The van der Waals surface area contributed by atoms with Crippen molar-refractivity contribution in [2.45, 2.75) is 31.9 Å². The first-order valence-electron chi connectivity index (χ1n) is 7.06. The van der Waals surface area contributed by atoms with Crippen LogP contribution in [0, 0.1) is 6.92 Å². The van der Waals surface area contributed by atoms with E-state index in [1.54, 1.807) is 0 Å². The molecule has 0 radical (unpaired) electrons. The van der Waals surface area contributed by atoms with E-state index in [0.717, 1.165) is 57.3 Å². The van der Waals surface area contributed by atoms with E-state index in [4.69, 9.17) is 9.47 Å². The molecule has 0 saturated carbocycles. The number of aryl methyl sites for hydroxylation is 1. The average molecular weight is 263 g/mol. The second-order valence-corrected chi connectivity index (χ2v) is 5.23. The fourth-order valence-corrected chi connectivity index (χ4v) is 2.88. The second kappa shape index (κ2) is 5.94. The third kappa shape index (κ3) is 3.11. The van der Waals surface area contributed by atoms with Gasteiger partial charge in [-0.15, -0.1) is 0 Å². The maximum Gasteiger partial charge on any atom is 0.125 e. The van der Waals surface area contributed by atoms with E-state index in [1.807, 2.05) is 19.2 Å². The molecule has 0 aromatic carbocycles. The highest BCUT2D eigenvalue weighted by atomic mass is 16.5. The molecule has 0 unspecified atom stereocenters. The minimum absolute atomic E-state index is 0.0818. The normalized spacial score (nSPS) is 26.5. The highest BCUT2D eigenvalue weighted by molar-refractivity contribution is 5.07. The Balaban J connectivity index is 1.67. The third-order valence-corrected chi connectivity index (χ3v) is 3.93. The minimum Gasteiger partial charge on any atom is -0.381 e. The van der Waals surface area contributed by atoms with Crippen molar-refractivity contribution >= 4 is 0 Å². The van der Waals surface area contributed by atoms with Crippen molar-refractivity contribution in [3.8, 4) is 0 Å². The Morgan fingerprint density at radius 1 is 1.26 bits per heavy atom. The summed E-state index contributed by atoms with van der Waals surface area (Å²) in [6, 6.07) is 2.61. The van der Waals surface area contributed by atoms with E-state index in [-0.39, 0.29) is 6.10 Å². The molecule has 104 valence electrons. The minimum atomic E-state index is 0.0818. The van der Waals surface area contributed by atoms with Gasteiger partial charge in [-0.25, -0.2) is 9.97 Å². The summed E-state index contributed by atoms with van der Waals surface area (Å²) in [4.78, 5) is 11.2. The van der Waals surface area contributed by atoms with Crippen LogP contribution in [0.1, 0.15) is 30.5 Å². The molecule has 0 amide bonds. The molecular formula is C14H21N3O2. The summed E-state index contributed by atoms with van der Waals surface area (Å²) < 4.78 is 11.3. The second-order valence-electron chi connectivity index (χ2n) is 5.23. The Kier molecular flexibility index (Phi) is 4.06. The van der Waals surface area contributed by atoms with E-state index in [2.05, 4.69) is 14.9 Å².